The summed E-state index contributed by atoms with van der Waals surface area (Å²) in [5.74, 6) is 1.12. The van der Waals surface area contributed by atoms with E-state index in [1.165, 1.54) is 31.2 Å². The van der Waals surface area contributed by atoms with Gasteiger partial charge in [0.15, 0.2) is 0 Å². The minimum atomic E-state index is -3.46. The van der Waals surface area contributed by atoms with E-state index in [1.54, 1.807) is 0 Å². The molecule has 0 bridgehead atoms. The van der Waals surface area contributed by atoms with Crippen LogP contribution in [0.1, 0.15) is 19.3 Å². The van der Waals surface area contributed by atoms with E-state index >= 15 is 0 Å². The average Bonchev–Trinajstić information content (AvgIpc) is 2.38. The highest BCUT2D eigenvalue weighted by molar-refractivity contribution is 8.00. The van der Waals surface area contributed by atoms with Crippen molar-refractivity contribution in [3.63, 3.8) is 0 Å². The molecule has 1 unspecified atom stereocenters. The Hall–Kier alpha value is -0.300. The van der Waals surface area contributed by atoms with Gasteiger partial charge in [0, 0.05) is 18.0 Å². The number of pyridine rings is 1. The fourth-order valence-electron chi connectivity index (χ4n) is 1.78. The molecule has 0 saturated carbocycles. The normalized spacial score (nSPS) is 20.8. The first-order chi connectivity index (χ1) is 8.58. The molecule has 0 aromatic carbocycles. The third-order valence-corrected chi connectivity index (χ3v) is 5.82. The predicted molar refractivity (Wildman–Crippen MR) is 74.5 cm³/mol. The molecule has 1 aromatic rings. The van der Waals surface area contributed by atoms with Crippen molar-refractivity contribution in [1.82, 2.24) is 9.71 Å². The number of hydrogen-bond acceptors (Lipinski definition) is 4. The number of thioether (sulfide) groups is 1. The predicted octanol–water partition coefficient (Wildman–Crippen LogP) is 2.30. The molecule has 0 aliphatic carbocycles. The first-order valence-corrected chi connectivity index (χ1v) is 8.72. The van der Waals surface area contributed by atoms with Crippen molar-refractivity contribution in [3.8, 4) is 0 Å². The topological polar surface area (TPSA) is 59.1 Å². The van der Waals surface area contributed by atoms with Crippen LogP contribution in [0.5, 0.6) is 0 Å². The Kier molecular flexibility index (Phi) is 4.89. The van der Waals surface area contributed by atoms with Crippen molar-refractivity contribution in [2.75, 3.05) is 12.3 Å². The summed E-state index contributed by atoms with van der Waals surface area (Å²) >= 11 is 7.47. The lowest BCUT2D eigenvalue weighted by Crippen LogP contribution is -2.32. The molecule has 0 spiro atoms. The van der Waals surface area contributed by atoms with Gasteiger partial charge in [-0.2, -0.15) is 11.8 Å². The molecule has 1 fully saturated rings. The molecule has 18 heavy (non-hydrogen) atoms. The Balaban J connectivity index is 1.96. The van der Waals surface area contributed by atoms with E-state index in [2.05, 4.69) is 9.71 Å². The van der Waals surface area contributed by atoms with Crippen LogP contribution in [0, 0.1) is 0 Å². The molecular weight excluding hydrogens is 292 g/mol. The molecule has 2 rings (SSSR count). The molecule has 1 aliphatic rings. The average molecular weight is 307 g/mol. The Morgan fingerprint density at radius 1 is 1.44 bits per heavy atom. The minimum absolute atomic E-state index is 0.160. The number of aromatic nitrogens is 1. The largest absolute Gasteiger partial charge is 0.243 e. The second-order valence-corrected chi connectivity index (χ2v) is 7.72. The van der Waals surface area contributed by atoms with Gasteiger partial charge in [0.2, 0.25) is 10.0 Å². The molecule has 4 nitrogen and oxygen atoms in total. The molecule has 2 heterocycles. The molecule has 1 atom stereocenters. The molecule has 7 heteroatoms. The SMILES string of the molecule is O=S(=O)(NCC1CCCCS1)c1ccc(Cl)nc1. The Morgan fingerprint density at radius 2 is 2.28 bits per heavy atom. The zero-order valence-corrected chi connectivity index (χ0v) is 12.2. The Labute approximate surface area is 117 Å². The smallest absolute Gasteiger partial charge is 0.242 e. The number of rotatable bonds is 4. The Bertz CT molecular complexity index is 484. The lowest BCUT2D eigenvalue weighted by Gasteiger charge is -2.21. The fraction of sp³-hybridized carbons (Fsp3) is 0.545. The monoisotopic (exact) mass is 306 g/mol. The maximum Gasteiger partial charge on any atom is 0.242 e. The fourth-order valence-corrected chi connectivity index (χ4v) is 4.26. The van der Waals surface area contributed by atoms with E-state index in [9.17, 15) is 8.42 Å². The van der Waals surface area contributed by atoms with Crippen molar-refractivity contribution in [1.29, 1.82) is 0 Å². The molecule has 1 aromatic heterocycles. The van der Waals surface area contributed by atoms with Gasteiger partial charge in [-0.25, -0.2) is 18.1 Å². The van der Waals surface area contributed by atoms with Crippen LogP contribution >= 0.6 is 23.4 Å². The van der Waals surface area contributed by atoms with Crippen molar-refractivity contribution in [2.24, 2.45) is 0 Å². The molecule has 1 N–H and O–H groups in total. The maximum absolute atomic E-state index is 12.0. The van der Waals surface area contributed by atoms with Crippen molar-refractivity contribution < 1.29 is 8.42 Å². The summed E-state index contributed by atoms with van der Waals surface area (Å²) < 4.78 is 26.6. The highest BCUT2D eigenvalue weighted by atomic mass is 35.5. The summed E-state index contributed by atoms with van der Waals surface area (Å²) in [5, 5.41) is 0.672. The zero-order valence-electron chi connectivity index (χ0n) is 9.80. The second-order valence-electron chi connectivity index (χ2n) is 4.16. The molecule has 100 valence electrons. The third kappa shape index (κ3) is 3.85. The highest BCUT2D eigenvalue weighted by Crippen LogP contribution is 2.24. The zero-order chi connectivity index (χ0) is 13.0. The van der Waals surface area contributed by atoms with Crippen molar-refractivity contribution >= 4 is 33.4 Å². The van der Waals surface area contributed by atoms with Crippen molar-refractivity contribution in [3.05, 3.63) is 23.5 Å². The van der Waals surface area contributed by atoms with Crippen LogP contribution in [0.3, 0.4) is 0 Å². The minimum Gasteiger partial charge on any atom is -0.243 e. The summed E-state index contributed by atoms with van der Waals surface area (Å²) in [6, 6.07) is 2.94. The number of nitrogens with one attached hydrogen (secondary N) is 1. The number of nitrogens with zero attached hydrogens (tertiary/aromatic N) is 1. The molecule has 1 saturated heterocycles. The van der Waals surface area contributed by atoms with Gasteiger partial charge in [0.1, 0.15) is 10.0 Å². The van der Waals surface area contributed by atoms with Crippen LogP contribution in [0.15, 0.2) is 23.2 Å². The number of sulfonamides is 1. The van der Waals surface area contributed by atoms with Gasteiger partial charge in [-0.05, 0) is 30.7 Å². The number of halogens is 1. The molecule has 1 aliphatic heterocycles. The van der Waals surface area contributed by atoms with Gasteiger partial charge < -0.3 is 0 Å². The van der Waals surface area contributed by atoms with E-state index in [1.807, 2.05) is 11.8 Å². The van der Waals surface area contributed by atoms with Gasteiger partial charge in [0.25, 0.3) is 0 Å². The van der Waals surface area contributed by atoms with E-state index in [0.29, 0.717) is 11.8 Å². The van der Waals surface area contributed by atoms with E-state index in [4.69, 9.17) is 11.6 Å². The quantitative estimate of drug-likeness (QED) is 0.867. The van der Waals surface area contributed by atoms with E-state index in [0.717, 1.165) is 12.2 Å². The highest BCUT2D eigenvalue weighted by Gasteiger charge is 2.19. The first-order valence-electron chi connectivity index (χ1n) is 5.81. The first kappa shape index (κ1) is 14.1. The van der Waals surface area contributed by atoms with E-state index in [-0.39, 0.29) is 10.0 Å². The van der Waals surface area contributed by atoms with Crippen molar-refractivity contribution in [2.45, 2.75) is 29.4 Å². The van der Waals surface area contributed by atoms with Crippen LogP contribution in [0.2, 0.25) is 5.15 Å². The summed E-state index contributed by atoms with van der Waals surface area (Å²) in [6.07, 6.45) is 4.77. The standard InChI is InChI=1S/C11H15ClN2O2S2/c12-11-5-4-10(8-13-11)18(15,16)14-7-9-3-1-2-6-17-9/h4-5,8-9,14H,1-3,6-7H2. The van der Waals surface area contributed by atoms with E-state index < -0.39 is 10.0 Å². The third-order valence-electron chi connectivity index (χ3n) is 2.79. The summed E-state index contributed by atoms with van der Waals surface area (Å²) in [7, 11) is -3.46. The van der Waals surface area contributed by atoms with Crippen LogP contribution < -0.4 is 4.72 Å². The maximum atomic E-state index is 12.0. The van der Waals surface area contributed by atoms with Gasteiger partial charge in [0.05, 0.1) is 0 Å². The van der Waals surface area contributed by atoms with Gasteiger partial charge in [-0.3, -0.25) is 0 Å². The number of hydrogen-bond donors (Lipinski definition) is 1. The van der Waals surface area contributed by atoms with Crippen LogP contribution in [-0.2, 0) is 10.0 Å². The lowest BCUT2D eigenvalue weighted by atomic mass is 10.2. The van der Waals surface area contributed by atoms with Crippen LogP contribution in [-0.4, -0.2) is 30.9 Å². The summed E-state index contributed by atoms with van der Waals surface area (Å²) in [5.41, 5.74) is 0. The van der Waals surface area contributed by atoms with Crippen LogP contribution in [0.25, 0.3) is 0 Å². The Morgan fingerprint density at radius 3 is 2.89 bits per heavy atom. The summed E-state index contributed by atoms with van der Waals surface area (Å²) in [4.78, 5) is 3.94. The molecular formula is C11H15ClN2O2S2. The molecule has 0 amide bonds. The van der Waals surface area contributed by atoms with Gasteiger partial charge in [-0.15, -0.1) is 0 Å². The van der Waals surface area contributed by atoms with Crippen LogP contribution in [0.4, 0.5) is 0 Å². The summed E-state index contributed by atoms with van der Waals surface area (Å²) in [6.45, 7) is 0.482. The van der Waals surface area contributed by atoms with Gasteiger partial charge in [-0.1, -0.05) is 18.0 Å². The molecule has 0 radical (unpaired) electrons. The second kappa shape index (κ2) is 6.23. The van der Waals surface area contributed by atoms with Gasteiger partial charge >= 0.3 is 0 Å². The lowest BCUT2D eigenvalue weighted by molar-refractivity contribution is 0.573.